The van der Waals surface area contributed by atoms with Gasteiger partial charge in [0.1, 0.15) is 5.75 Å². The Labute approximate surface area is 146 Å². The van der Waals surface area contributed by atoms with Crippen LogP contribution >= 0.6 is 0 Å². The second-order valence-corrected chi connectivity index (χ2v) is 6.18. The van der Waals surface area contributed by atoms with E-state index in [2.05, 4.69) is 4.74 Å². The number of hydrogen-bond donors (Lipinski definition) is 0. The van der Waals surface area contributed by atoms with Crippen LogP contribution in [0.25, 0.3) is 0 Å². The number of nitrogens with zero attached hydrogens (tertiary/aromatic N) is 2. The summed E-state index contributed by atoms with van der Waals surface area (Å²) in [5, 5.41) is 0. The number of piperazine rings is 1. The van der Waals surface area contributed by atoms with Gasteiger partial charge in [0.2, 0.25) is 5.91 Å². The van der Waals surface area contributed by atoms with Crippen LogP contribution in [0.2, 0.25) is 0 Å². The number of carbonyl (C=O) groups excluding carboxylic acids is 2. The van der Waals surface area contributed by atoms with Gasteiger partial charge in [-0.3, -0.25) is 9.59 Å². The molecule has 1 fully saturated rings. The first kappa shape index (κ1) is 19.1. The summed E-state index contributed by atoms with van der Waals surface area (Å²) in [6, 6.07) is 5.98. The molecule has 2 rings (SSSR count). The third-order valence-electron chi connectivity index (χ3n) is 4.36. The lowest BCUT2D eigenvalue weighted by atomic mass is 10.0. The number of amides is 2. The lowest BCUT2D eigenvalue weighted by Gasteiger charge is -2.36. The van der Waals surface area contributed by atoms with E-state index < -0.39 is 6.61 Å². The first-order valence-corrected chi connectivity index (χ1v) is 8.56. The van der Waals surface area contributed by atoms with Gasteiger partial charge in [-0.05, 0) is 18.6 Å². The summed E-state index contributed by atoms with van der Waals surface area (Å²) in [4.78, 5) is 28.3. The van der Waals surface area contributed by atoms with E-state index in [4.69, 9.17) is 0 Å². The van der Waals surface area contributed by atoms with Crippen molar-refractivity contribution in [1.82, 2.24) is 9.80 Å². The fourth-order valence-corrected chi connectivity index (χ4v) is 3.01. The standard InChI is InChI=1S/C18H24F2N2O3/c1-3-6-13(2)16(23)21-9-11-22(12-10-21)17(24)14-7-4-5-8-15(14)25-18(19)20/h4-5,7-8,13,18H,3,6,9-12H2,1-2H3. The summed E-state index contributed by atoms with van der Waals surface area (Å²) in [5.41, 5.74) is 0.113. The fourth-order valence-electron chi connectivity index (χ4n) is 3.01. The number of benzene rings is 1. The van der Waals surface area contributed by atoms with Gasteiger partial charge in [-0.25, -0.2) is 0 Å². The van der Waals surface area contributed by atoms with Crippen LogP contribution in [-0.4, -0.2) is 54.4 Å². The van der Waals surface area contributed by atoms with Crippen molar-refractivity contribution in [3.8, 4) is 5.75 Å². The Morgan fingerprint density at radius 3 is 2.32 bits per heavy atom. The molecule has 0 spiro atoms. The molecular weight excluding hydrogens is 330 g/mol. The molecule has 1 heterocycles. The number of halogens is 2. The second kappa shape index (κ2) is 8.78. The van der Waals surface area contributed by atoms with Crippen LogP contribution in [0.5, 0.6) is 5.75 Å². The zero-order chi connectivity index (χ0) is 18.4. The third kappa shape index (κ3) is 4.90. The van der Waals surface area contributed by atoms with E-state index in [9.17, 15) is 18.4 Å². The Kier molecular flexibility index (Phi) is 6.73. The molecule has 1 aliphatic heterocycles. The molecule has 5 nitrogen and oxygen atoms in total. The number of ether oxygens (including phenoxy) is 1. The highest BCUT2D eigenvalue weighted by atomic mass is 19.3. The van der Waals surface area contributed by atoms with Crippen LogP contribution in [-0.2, 0) is 4.79 Å². The summed E-state index contributed by atoms with van der Waals surface area (Å²) >= 11 is 0. The minimum atomic E-state index is -2.98. The number of para-hydroxylation sites is 1. The van der Waals surface area contributed by atoms with Crippen LogP contribution in [0, 0.1) is 5.92 Å². The quantitative estimate of drug-likeness (QED) is 0.789. The van der Waals surface area contributed by atoms with Crippen molar-refractivity contribution in [2.75, 3.05) is 26.2 Å². The maximum absolute atomic E-state index is 12.6. The third-order valence-corrected chi connectivity index (χ3v) is 4.36. The zero-order valence-corrected chi connectivity index (χ0v) is 14.6. The molecule has 0 saturated carbocycles. The molecule has 1 aromatic rings. The molecule has 25 heavy (non-hydrogen) atoms. The molecule has 0 aliphatic carbocycles. The average Bonchev–Trinajstić information content (AvgIpc) is 2.61. The van der Waals surface area contributed by atoms with Gasteiger partial charge in [0.25, 0.3) is 5.91 Å². The van der Waals surface area contributed by atoms with Crippen LogP contribution in [0.4, 0.5) is 8.78 Å². The average molecular weight is 354 g/mol. The van der Waals surface area contributed by atoms with Gasteiger partial charge in [-0.1, -0.05) is 32.4 Å². The molecule has 1 aliphatic rings. The number of hydrogen-bond acceptors (Lipinski definition) is 3. The molecule has 138 valence electrons. The highest BCUT2D eigenvalue weighted by Crippen LogP contribution is 2.23. The minimum absolute atomic E-state index is 0.0209. The van der Waals surface area contributed by atoms with Gasteiger partial charge in [0, 0.05) is 32.1 Å². The molecule has 2 amide bonds. The zero-order valence-electron chi connectivity index (χ0n) is 14.6. The number of carbonyl (C=O) groups is 2. The van der Waals surface area contributed by atoms with E-state index >= 15 is 0 Å². The summed E-state index contributed by atoms with van der Waals surface area (Å²) < 4.78 is 29.4. The van der Waals surface area contributed by atoms with E-state index in [-0.39, 0.29) is 29.0 Å². The summed E-state index contributed by atoms with van der Waals surface area (Å²) in [6.07, 6.45) is 1.79. The normalized spacial score (nSPS) is 16.0. The maximum atomic E-state index is 12.6. The molecule has 1 unspecified atom stereocenters. The van der Waals surface area contributed by atoms with E-state index in [1.54, 1.807) is 21.9 Å². The summed E-state index contributed by atoms with van der Waals surface area (Å²) in [6.45, 7) is 2.65. The van der Waals surface area contributed by atoms with Gasteiger partial charge in [-0.2, -0.15) is 8.78 Å². The van der Waals surface area contributed by atoms with Gasteiger partial charge in [0.15, 0.2) is 0 Å². The van der Waals surface area contributed by atoms with E-state index in [1.165, 1.54) is 12.1 Å². The van der Waals surface area contributed by atoms with Crippen LogP contribution in [0.1, 0.15) is 37.0 Å². The predicted octanol–water partition coefficient (Wildman–Crippen LogP) is 3.01. The molecule has 1 atom stereocenters. The van der Waals surface area contributed by atoms with Crippen LogP contribution in [0.3, 0.4) is 0 Å². The van der Waals surface area contributed by atoms with E-state index in [1.807, 2.05) is 13.8 Å². The fraction of sp³-hybridized carbons (Fsp3) is 0.556. The first-order valence-electron chi connectivity index (χ1n) is 8.56. The molecule has 7 heteroatoms. The number of rotatable bonds is 6. The Morgan fingerprint density at radius 1 is 1.12 bits per heavy atom. The van der Waals surface area contributed by atoms with Crippen molar-refractivity contribution in [2.24, 2.45) is 5.92 Å². The molecule has 0 bridgehead atoms. The lowest BCUT2D eigenvalue weighted by molar-refractivity contribution is -0.136. The summed E-state index contributed by atoms with van der Waals surface area (Å²) in [5.74, 6) is -0.398. The Bertz CT molecular complexity index is 602. The molecule has 0 aromatic heterocycles. The van der Waals surface area contributed by atoms with Crippen LogP contribution in [0.15, 0.2) is 24.3 Å². The topological polar surface area (TPSA) is 49.9 Å². The first-order chi connectivity index (χ1) is 11.9. The Morgan fingerprint density at radius 2 is 1.72 bits per heavy atom. The molecule has 1 aromatic carbocycles. The van der Waals surface area contributed by atoms with Crippen molar-refractivity contribution in [3.05, 3.63) is 29.8 Å². The molecule has 0 radical (unpaired) electrons. The second-order valence-electron chi connectivity index (χ2n) is 6.18. The predicted molar refractivity (Wildman–Crippen MR) is 89.6 cm³/mol. The van der Waals surface area contributed by atoms with Gasteiger partial charge >= 0.3 is 6.61 Å². The highest BCUT2D eigenvalue weighted by Gasteiger charge is 2.28. The highest BCUT2D eigenvalue weighted by molar-refractivity contribution is 5.97. The molecule has 1 saturated heterocycles. The van der Waals surface area contributed by atoms with Gasteiger partial charge in [0.05, 0.1) is 5.56 Å². The van der Waals surface area contributed by atoms with Gasteiger partial charge in [-0.15, -0.1) is 0 Å². The number of alkyl halides is 2. The molecule has 0 N–H and O–H groups in total. The van der Waals surface area contributed by atoms with E-state index in [0.717, 1.165) is 12.8 Å². The largest absolute Gasteiger partial charge is 0.434 e. The lowest BCUT2D eigenvalue weighted by Crippen LogP contribution is -2.51. The van der Waals surface area contributed by atoms with Crippen molar-refractivity contribution >= 4 is 11.8 Å². The SMILES string of the molecule is CCCC(C)C(=O)N1CCN(C(=O)c2ccccc2OC(F)F)CC1. The Balaban J connectivity index is 1.99. The Hall–Kier alpha value is -2.18. The smallest absolute Gasteiger partial charge is 0.387 e. The van der Waals surface area contributed by atoms with Crippen molar-refractivity contribution in [2.45, 2.75) is 33.3 Å². The minimum Gasteiger partial charge on any atom is -0.434 e. The summed E-state index contributed by atoms with van der Waals surface area (Å²) in [7, 11) is 0. The van der Waals surface area contributed by atoms with Crippen molar-refractivity contribution in [3.63, 3.8) is 0 Å². The maximum Gasteiger partial charge on any atom is 0.387 e. The van der Waals surface area contributed by atoms with Crippen LogP contribution < -0.4 is 4.74 Å². The molecular formula is C18H24F2N2O3. The van der Waals surface area contributed by atoms with Crippen molar-refractivity contribution < 1.29 is 23.1 Å². The van der Waals surface area contributed by atoms with Crippen molar-refractivity contribution in [1.29, 1.82) is 0 Å². The monoisotopic (exact) mass is 354 g/mol. The van der Waals surface area contributed by atoms with Gasteiger partial charge < -0.3 is 14.5 Å². The van der Waals surface area contributed by atoms with E-state index in [0.29, 0.717) is 26.2 Å².